The summed E-state index contributed by atoms with van der Waals surface area (Å²) in [7, 11) is 0. The molecule has 0 fully saturated rings. The Morgan fingerprint density at radius 2 is 1.61 bits per heavy atom. The number of hydrogen-bond acceptors (Lipinski definition) is 3. The number of fused-ring (bicyclic) bond motifs is 3. The van der Waals surface area contributed by atoms with E-state index in [-0.39, 0.29) is 5.71 Å². The van der Waals surface area contributed by atoms with Crippen LogP contribution in [0.3, 0.4) is 0 Å². The smallest absolute Gasteiger partial charge is 0.285 e. The van der Waals surface area contributed by atoms with E-state index in [0.717, 1.165) is 22.3 Å². The molecule has 0 aromatic heterocycles. The van der Waals surface area contributed by atoms with E-state index >= 15 is 0 Å². The second kappa shape index (κ2) is 7.88. The summed E-state index contributed by atoms with van der Waals surface area (Å²) < 4.78 is 119. The molecular formula is C19H13F8NO2S. The lowest BCUT2D eigenvalue weighted by molar-refractivity contribution is -0.315. The topological polar surface area (TPSA) is 38.7 Å². The molecule has 168 valence electrons. The van der Waals surface area contributed by atoms with Crippen LogP contribution in [-0.2, 0) is 21.8 Å². The van der Waals surface area contributed by atoms with Gasteiger partial charge in [-0.3, -0.25) is 4.28 Å². The van der Waals surface area contributed by atoms with Crippen molar-refractivity contribution in [2.24, 2.45) is 5.16 Å². The van der Waals surface area contributed by atoms with Gasteiger partial charge in [-0.25, -0.2) is 13.0 Å². The highest BCUT2D eigenvalue weighted by molar-refractivity contribution is 7.81. The molecule has 3 rings (SSSR count). The van der Waals surface area contributed by atoms with E-state index in [1.807, 2.05) is 24.3 Å². The van der Waals surface area contributed by atoms with E-state index in [0.29, 0.717) is 12.0 Å². The van der Waals surface area contributed by atoms with Crippen molar-refractivity contribution in [3.63, 3.8) is 0 Å². The van der Waals surface area contributed by atoms with E-state index in [1.54, 1.807) is 12.1 Å². The second-order valence-electron chi connectivity index (χ2n) is 6.71. The predicted octanol–water partition coefficient (Wildman–Crippen LogP) is 5.79. The van der Waals surface area contributed by atoms with E-state index in [1.165, 1.54) is 13.0 Å². The third kappa shape index (κ3) is 3.81. The van der Waals surface area contributed by atoms with Crippen LogP contribution in [0.5, 0.6) is 0 Å². The van der Waals surface area contributed by atoms with Crippen molar-refractivity contribution < 1.29 is 43.6 Å². The average Bonchev–Trinajstić information content (AvgIpc) is 3.08. The second-order valence-corrected chi connectivity index (χ2v) is 7.84. The van der Waals surface area contributed by atoms with Gasteiger partial charge in [0.05, 0.1) is 5.71 Å². The van der Waals surface area contributed by atoms with Crippen molar-refractivity contribution >= 4 is 16.8 Å². The van der Waals surface area contributed by atoms with Crippen LogP contribution in [0.1, 0.15) is 23.6 Å². The molecule has 2 aromatic carbocycles. The molecule has 0 bridgehead atoms. The molecule has 0 amide bonds. The quantitative estimate of drug-likeness (QED) is 0.249. The zero-order valence-corrected chi connectivity index (χ0v) is 16.3. The first-order valence-electron chi connectivity index (χ1n) is 8.58. The maximum Gasteiger partial charge on any atom is 0.426 e. The molecule has 0 heterocycles. The molecule has 1 aliphatic carbocycles. The van der Waals surface area contributed by atoms with E-state index in [4.69, 9.17) is 0 Å². The molecule has 2 aromatic rings. The largest absolute Gasteiger partial charge is 0.426 e. The van der Waals surface area contributed by atoms with Gasteiger partial charge in [-0.1, -0.05) is 41.6 Å². The lowest BCUT2D eigenvalue weighted by Crippen LogP contribution is -2.59. The minimum atomic E-state index is -6.65. The standard InChI is InChI=1S/C19H13F8NO2S/c1-10(11-6-7-15-13(8-11)9-12-4-2-3-5-14(12)15)28-30-31(29)19(26,27)18(24,25)17(22,23)16(20)21/h2-8,16H,9H2,1H3/b28-10+. The first-order chi connectivity index (χ1) is 14.3. The molecule has 0 aliphatic heterocycles. The molecule has 3 nitrogen and oxygen atoms in total. The zero-order valence-electron chi connectivity index (χ0n) is 15.5. The molecule has 31 heavy (non-hydrogen) atoms. The molecule has 0 spiro atoms. The summed E-state index contributed by atoms with van der Waals surface area (Å²) in [5, 5.41) is -3.10. The van der Waals surface area contributed by atoms with Crippen molar-refractivity contribution in [1.82, 2.24) is 0 Å². The number of alkyl halides is 8. The highest BCUT2D eigenvalue weighted by Crippen LogP contribution is 2.50. The number of benzene rings is 2. The third-order valence-electron chi connectivity index (χ3n) is 4.72. The fraction of sp³-hybridized carbons (Fsp3) is 0.316. The Morgan fingerprint density at radius 1 is 1.00 bits per heavy atom. The Hall–Kier alpha value is -2.50. The predicted molar refractivity (Wildman–Crippen MR) is 97.0 cm³/mol. The van der Waals surface area contributed by atoms with E-state index in [9.17, 15) is 39.3 Å². The highest BCUT2D eigenvalue weighted by Gasteiger charge is 2.79. The van der Waals surface area contributed by atoms with Crippen LogP contribution in [0.2, 0.25) is 0 Å². The molecule has 0 N–H and O–H groups in total. The molecule has 12 heteroatoms. The summed E-state index contributed by atoms with van der Waals surface area (Å²) in [4.78, 5) is 0. The molecule has 0 saturated heterocycles. The summed E-state index contributed by atoms with van der Waals surface area (Å²) in [6.45, 7) is 1.21. The maximum absolute atomic E-state index is 13.6. The molecular weight excluding hydrogens is 458 g/mol. The minimum Gasteiger partial charge on any atom is -0.285 e. The summed E-state index contributed by atoms with van der Waals surface area (Å²) in [5.41, 5.74) is 3.93. The van der Waals surface area contributed by atoms with Gasteiger partial charge in [-0.15, -0.1) is 0 Å². The van der Waals surface area contributed by atoms with Gasteiger partial charge < -0.3 is 0 Å². The summed E-state index contributed by atoms with van der Waals surface area (Å²) >= 11 is -4.47. The van der Waals surface area contributed by atoms with Crippen LogP contribution in [0.25, 0.3) is 11.1 Å². The first-order valence-corrected chi connectivity index (χ1v) is 9.65. The van der Waals surface area contributed by atoms with Crippen LogP contribution in [0.15, 0.2) is 47.6 Å². The van der Waals surface area contributed by atoms with Gasteiger partial charge in [-0.2, -0.15) is 26.3 Å². The number of nitrogens with zero attached hydrogens (tertiary/aromatic N) is 1. The lowest BCUT2D eigenvalue weighted by Gasteiger charge is -2.30. The molecule has 1 unspecified atom stereocenters. The lowest BCUT2D eigenvalue weighted by atomic mass is 10.0. The van der Waals surface area contributed by atoms with Crippen molar-refractivity contribution in [3.05, 3.63) is 59.2 Å². The van der Waals surface area contributed by atoms with Crippen LogP contribution >= 0.6 is 0 Å². The van der Waals surface area contributed by atoms with Gasteiger partial charge in [0.25, 0.3) is 0 Å². The Kier molecular flexibility index (Phi) is 5.89. The maximum atomic E-state index is 13.6. The third-order valence-corrected chi connectivity index (χ3v) is 5.61. The number of hydrogen-bond donors (Lipinski definition) is 0. The summed E-state index contributed by atoms with van der Waals surface area (Å²) in [5.74, 6) is -13.1. The minimum absolute atomic E-state index is 0.174. The van der Waals surface area contributed by atoms with Gasteiger partial charge in [-0.05, 0) is 47.2 Å². The summed E-state index contributed by atoms with van der Waals surface area (Å²) in [6.07, 6.45) is -4.56. The molecule has 1 atom stereocenters. The number of rotatable bonds is 7. The van der Waals surface area contributed by atoms with Crippen molar-refractivity contribution in [2.45, 2.75) is 36.9 Å². The Bertz CT molecular complexity index is 1050. The van der Waals surface area contributed by atoms with Gasteiger partial charge >= 0.3 is 34.6 Å². The SMILES string of the molecule is C/C(=N\OS(=O)C(F)(F)C(F)(F)C(F)(F)C(F)F)c1ccc2c(c1)Cc1ccccc1-2. The van der Waals surface area contributed by atoms with Gasteiger partial charge in [0.2, 0.25) is 0 Å². The Labute approximate surface area is 173 Å². The molecule has 0 radical (unpaired) electrons. The zero-order chi connectivity index (χ0) is 23.2. The number of oxime groups is 1. The van der Waals surface area contributed by atoms with Gasteiger partial charge in [0.1, 0.15) is 0 Å². The van der Waals surface area contributed by atoms with Crippen LogP contribution < -0.4 is 0 Å². The highest BCUT2D eigenvalue weighted by atomic mass is 32.2. The average molecular weight is 471 g/mol. The van der Waals surface area contributed by atoms with Crippen LogP contribution in [0, 0.1) is 0 Å². The molecule has 1 aliphatic rings. The summed E-state index contributed by atoms with van der Waals surface area (Å²) in [6, 6.07) is 12.4. The number of halogens is 8. The van der Waals surface area contributed by atoms with E-state index in [2.05, 4.69) is 9.44 Å². The van der Waals surface area contributed by atoms with Gasteiger partial charge in [0, 0.05) is 0 Å². The van der Waals surface area contributed by atoms with Crippen molar-refractivity contribution in [2.75, 3.05) is 0 Å². The Balaban J connectivity index is 1.79. The monoisotopic (exact) mass is 471 g/mol. The van der Waals surface area contributed by atoms with Crippen LogP contribution in [-0.4, -0.2) is 33.4 Å². The van der Waals surface area contributed by atoms with Gasteiger partial charge in [0.15, 0.2) is 0 Å². The Morgan fingerprint density at radius 3 is 2.26 bits per heavy atom. The van der Waals surface area contributed by atoms with E-state index < -0.39 is 34.6 Å². The fourth-order valence-corrected chi connectivity index (χ4v) is 3.61. The molecule has 0 saturated carbocycles. The normalized spacial score (nSPS) is 15.6. The van der Waals surface area contributed by atoms with Crippen molar-refractivity contribution in [3.8, 4) is 11.1 Å². The first kappa shape index (κ1) is 23.2. The fourth-order valence-electron chi connectivity index (χ4n) is 3.00. The van der Waals surface area contributed by atoms with Crippen molar-refractivity contribution in [1.29, 1.82) is 0 Å². The van der Waals surface area contributed by atoms with Crippen LogP contribution in [0.4, 0.5) is 35.1 Å².